The van der Waals surface area contributed by atoms with Crippen LogP contribution in [0.4, 0.5) is 17.6 Å². The lowest BCUT2D eigenvalue weighted by Crippen LogP contribution is -2.29. The second-order valence-electron chi connectivity index (χ2n) is 11.3. The molecule has 0 saturated carbocycles. The molecule has 254 valence electrons. The Bertz CT molecular complexity index is 2280. The van der Waals surface area contributed by atoms with Crippen molar-refractivity contribution in [2.75, 3.05) is 13.4 Å². The number of halogens is 4. The Morgan fingerprint density at radius 3 is 1.47 bits per heavy atom. The summed E-state index contributed by atoms with van der Waals surface area (Å²) in [6.45, 7) is 0. The second kappa shape index (κ2) is 14.0. The van der Waals surface area contributed by atoms with Crippen LogP contribution in [-0.4, -0.2) is 42.8 Å². The van der Waals surface area contributed by atoms with Crippen molar-refractivity contribution in [2.24, 2.45) is 14.1 Å². The fraction of sp³-hybridized carbons (Fsp3) is 0.167. The molecular formula is C36H31F4N3O5S. The summed E-state index contributed by atoms with van der Waals surface area (Å²) in [6.07, 6.45) is -0.331. The van der Waals surface area contributed by atoms with Gasteiger partial charge in [-0.1, -0.05) is 60.7 Å². The maximum atomic E-state index is 12.7. The highest BCUT2D eigenvalue weighted by molar-refractivity contribution is 7.89. The van der Waals surface area contributed by atoms with Crippen LogP contribution < -0.4 is 4.72 Å². The summed E-state index contributed by atoms with van der Waals surface area (Å²) in [4.78, 5) is 23.7. The zero-order valence-corrected chi connectivity index (χ0v) is 27.6. The SMILES string of the molecule is COC(=O)c1ccc2c(-c3ccc(C(F)F)cc3)cn(C)c2c1.Cn1cc(-c2ccc(C(F)F)cc2)c2ccc(C(=O)NS(C)(=O)=O)cc21. The number of rotatable bonds is 7. The van der Waals surface area contributed by atoms with Gasteiger partial charge in [0.05, 0.1) is 18.9 Å². The van der Waals surface area contributed by atoms with Crippen molar-refractivity contribution in [3.63, 3.8) is 0 Å². The molecule has 0 aliphatic rings. The Hall–Kier alpha value is -5.43. The molecule has 6 aromatic rings. The van der Waals surface area contributed by atoms with Crippen LogP contribution in [0.15, 0.2) is 97.3 Å². The molecular weight excluding hydrogens is 662 g/mol. The van der Waals surface area contributed by atoms with Crippen molar-refractivity contribution in [3.8, 4) is 22.3 Å². The number of benzene rings is 4. The van der Waals surface area contributed by atoms with Crippen LogP contribution in [0.25, 0.3) is 44.1 Å². The number of aryl methyl sites for hydroxylation is 2. The molecule has 13 heteroatoms. The molecule has 8 nitrogen and oxygen atoms in total. The average Bonchev–Trinajstić information content (AvgIpc) is 3.59. The topological polar surface area (TPSA) is 99.4 Å². The van der Waals surface area contributed by atoms with Gasteiger partial charge < -0.3 is 13.9 Å². The van der Waals surface area contributed by atoms with Gasteiger partial charge in [0.15, 0.2) is 0 Å². The van der Waals surface area contributed by atoms with E-state index in [0.29, 0.717) is 5.56 Å². The van der Waals surface area contributed by atoms with E-state index in [1.54, 1.807) is 60.1 Å². The molecule has 0 atom stereocenters. The number of esters is 1. The summed E-state index contributed by atoms with van der Waals surface area (Å²) >= 11 is 0. The Morgan fingerprint density at radius 2 is 1.08 bits per heavy atom. The van der Waals surface area contributed by atoms with E-state index in [-0.39, 0.29) is 16.7 Å². The molecule has 0 bridgehead atoms. The number of alkyl halides is 4. The Morgan fingerprint density at radius 1 is 0.673 bits per heavy atom. The summed E-state index contributed by atoms with van der Waals surface area (Å²) in [5.74, 6) is -1.10. The lowest BCUT2D eigenvalue weighted by Gasteiger charge is -2.05. The molecule has 49 heavy (non-hydrogen) atoms. The van der Waals surface area contributed by atoms with Gasteiger partial charge in [0, 0.05) is 76.1 Å². The number of hydrogen-bond donors (Lipinski definition) is 1. The maximum absolute atomic E-state index is 12.7. The van der Waals surface area contributed by atoms with Gasteiger partial charge >= 0.3 is 5.97 Å². The Kier molecular flexibility index (Phi) is 9.95. The summed E-state index contributed by atoms with van der Waals surface area (Å²) in [7, 11) is 1.35. The maximum Gasteiger partial charge on any atom is 0.337 e. The third-order valence-corrected chi connectivity index (χ3v) is 8.45. The number of carbonyl (C=O) groups excluding carboxylic acids is 2. The molecule has 4 aromatic carbocycles. The minimum Gasteiger partial charge on any atom is -0.465 e. The van der Waals surface area contributed by atoms with E-state index in [1.807, 2.05) is 34.8 Å². The summed E-state index contributed by atoms with van der Waals surface area (Å²) in [5, 5.41) is 1.78. The average molecular weight is 694 g/mol. The van der Waals surface area contributed by atoms with Gasteiger partial charge in [0.25, 0.3) is 18.8 Å². The minimum atomic E-state index is -3.65. The first-order chi connectivity index (χ1) is 23.2. The van der Waals surface area contributed by atoms with Gasteiger partial charge in [-0.2, -0.15) is 0 Å². The number of fused-ring (bicyclic) bond motifs is 2. The fourth-order valence-electron chi connectivity index (χ4n) is 5.46. The Labute approximate surface area is 279 Å². The number of sulfonamides is 1. The molecule has 1 amide bonds. The number of nitrogens with one attached hydrogen (secondary N) is 1. The van der Waals surface area contributed by atoms with Gasteiger partial charge in [0.2, 0.25) is 10.0 Å². The largest absolute Gasteiger partial charge is 0.465 e. The predicted octanol–water partition coefficient (Wildman–Crippen LogP) is 8.04. The van der Waals surface area contributed by atoms with Crippen LogP contribution in [0.5, 0.6) is 0 Å². The molecule has 0 saturated heterocycles. The van der Waals surface area contributed by atoms with Crippen molar-refractivity contribution in [3.05, 3.63) is 120 Å². The van der Waals surface area contributed by atoms with Crippen LogP contribution in [0, 0.1) is 0 Å². The highest BCUT2D eigenvalue weighted by Crippen LogP contribution is 2.33. The molecule has 6 rings (SSSR count). The molecule has 0 unspecified atom stereocenters. The predicted molar refractivity (Wildman–Crippen MR) is 180 cm³/mol. The van der Waals surface area contributed by atoms with E-state index in [0.717, 1.165) is 50.3 Å². The molecule has 2 aromatic heterocycles. The van der Waals surface area contributed by atoms with E-state index in [2.05, 4.69) is 0 Å². The van der Waals surface area contributed by atoms with Gasteiger partial charge in [-0.25, -0.2) is 35.5 Å². The quantitative estimate of drug-likeness (QED) is 0.135. The standard InChI is InChI=1S/C18H16F2N2O3S.C18H15F2NO2/c1-22-10-15(11-3-5-12(6-4-11)17(19)20)14-8-7-13(9-16(14)22)18(23)21-26(2,24)25;1-21-10-15(11-3-5-12(6-4-11)17(19)20)14-8-7-13(9-16(14)21)18(22)23-2/h3-10,17H,1-2H3,(H,21,23);3-10,17H,1-2H3. The third kappa shape index (κ3) is 7.67. The molecule has 1 N–H and O–H groups in total. The monoisotopic (exact) mass is 693 g/mol. The number of aromatic nitrogens is 2. The zero-order valence-electron chi connectivity index (χ0n) is 26.7. The molecule has 0 aliphatic carbocycles. The van der Waals surface area contributed by atoms with Gasteiger partial charge in [0.1, 0.15) is 0 Å². The summed E-state index contributed by atoms with van der Waals surface area (Å²) < 4.78 is 83.5. The van der Waals surface area contributed by atoms with Gasteiger partial charge in [-0.15, -0.1) is 0 Å². The lowest BCUT2D eigenvalue weighted by atomic mass is 10.0. The van der Waals surface area contributed by atoms with Crippen molar-refractivity contribution >= 4 is 43.7 Å². The van der Waals surface area contributed by atoms with E-state index >= 15 is 0 Å². The van der Waals surface area contributed by atoms with Crippen LogP contribution >= 0.6 is 0 Å². The molecule has 0 spiro atoms. The smallest absolute Gasteiger partial charge is 0.337 e. The number of amides is 1. The van der Waals surface area contributed by atoms with Crippen LogP contribution in [-0.2, 0) is 28.9 Å². The van der Waals surface area contributed by atoms with E-state index in [4.69, 9.17) is 4.74 Å². The Balaban J connectivity index is 0.000000192. The molecule has 0 fully saturated rings. The van der Waals surface area contributed by atoms with Crippen molar-refractivity contribution in [1.82, 2.24) is 13.9 Å². The first kappa shape index (κ1) is 34.9. The lowest BCUT2D eigenvalue weighted by molar-refractivity contribution is 0.0600. The fourth-order valence-corrected chi connectivity index (χ4v) is 5.91. The highest BCUT2D eigenvalue weighted by atomic mass is 32.2. The van der Waals surface area contributed by atoms with Crippen molar-refractivity contribution in [1.29, 1.82) is 0 Å². The molecule has 2 heterocycles. The number of methoxy groups -OCH3 is 1. The normalized spacial score (nSPS) is 11.6. The van der Waals surface area contributed by atoms with Gasteiger partial charge in [-0.3, -0.25) is 4.79 Å². The first-order valence-corrected chi connectivity index (χ1v) is 16.6. The van der Waals surface area contributed by atoms with E-state index < -0.39 is 34.8 Å². The van der Waals surface area contributed by atoms with Crippen molar-refractivity contribution < 1.29 is 40.3 Å². The number of ether oxygens (including phenoxy) is 1. The van der Waals surface area contributed by atoms with Crippen LogP contribution in [0.3, 0.4) is 0 Å². The van der Waals surface area contributed by atoms with Crippen LogP contribution in [0.2, 0.25) is 0 Å². The second-order valence-corrected chi connectivity index (χ2v) is 13.1. The minimum absolute atomic E-state index is 0.00182. The number of nitrogens with zero attached hydrogens (tertiary/aromatic N) is 2. The summed E-state index contributed by atoms with van der Waals surface area (Å²) in [6, 6.07) is 22.4. The molecule has 0 radical (unpaired) electrons. The van der Waals surface area contributed by atoms with E-state index in [9.17, 15) is 35.6 Å². The number of hydrogen-bond acceptors (Lipinski definition) is 5. The number of carbonyl (C=O) groups is 2. The first-order valence-electron chi connectivity index (χ1n) is 14.7. The molecule has 0 aliphatic heterocycles. The van der Waals surface area contributed by atoms with Crippen LogP contribution in [0.1, 0.15) is 44.7 Å². The third-order valence-electron chi connectivity index (χ3n) is 7.89. The van der Waals surface area contributed by atoms with Gasteiger partial charge in [-0.05, 0) is 35.4 Å². The van der Waals surface area contributed by atoms with E-state index in [1.165, 1.54) is 37.4 Å². The van der Waals surface area contributed by atoms with Crippen molar-refractivity contribution in [2.45, 2.75) is 12.9 Å². The summed E-state index contributed by atoms with van der Waals surface area (Å²) in [5.41, 5.74) is 5.62. The highest BCUT2D eigenvalue weighted by Gasteiger charge is 2.16. The zero-order chi connectivity index (χ0) is 35.6.